The molecule has 0 N–H and O–H groups in total. The molecule has 0 amide bonds. The van der Waals surface area contributed by atoms with Crippen LogP contribution in [0, 0.1) is 17.8 Å². The van der Waals surface area contributed by atoms with Gasteiger partial charge in [-0.2, -0.15) is 0 Å². The van der Waals surface area contributed by atoms with Crippen molar-refractivity contribution in [2.45, 2.75) is 90.9 Å². The van der Waals surface area contributed by atoms with E-state index in [0.29, 0.717) is 23.1 Å². The van der Waals surface area contributed by atoms with E-state index in [1.165, 1.54) is 24.9 Å². The fraction of sp³-hybridized carbons (Fsp3) is 0.727. The van der Waals surface area contributed by atoms with Gasteiger partial charge < -0.3 is 13.2 Å². The molecule has 0 aliphatic heterocycles. The van der Waals surface area contributed by atoms with Crippen molar-refractivity contribution in [3.05, 3.63) is 24.3 Å². The van der Waals surface area contributed by atoms with Gasteiger partial charge in [-0.25, -0.2) is 0 Å². The highest BCUT2D eigenvalue weighted by Gasteiger charge is 2.35. The molecule has 0 bridgehead atoms. The monoisotopic (exact) mass is 428 g/mol. The van der Waals surface area contributed by atoms with Crippen LogP contribution in [0.1, 0.15) is 67.7 Å². The molecule has 28 heavy (non-hydrogen) atoms. The molecule has 0 aromatic heterocycles. The van der Waals surface area contributed by atoms with Gasteiger partial charge in [0.2, 0.25) is 0 Å². The Kier molecular flexibility index (Phi) is 9.10. The predicted octanol–water partition coefficient (Wildman–Crippen LogP) is 6.84. The van der Waals surface area contributed by atoms with Gasteiger partial charge in [-0.15, -0.1) is 0 Å². The Morgan fingerprint density at radius 1 is 1.00 bits per heavy atom. The zero-order valence-corrected chi connectivity index (χ0v) is 20.1. The van der Waals surface area contributed by atoms with Crippen LogP contribution in [0.3, 0.4) is 0 Å². The van der Waals surface area contributed by atoms with Crippen molar-refractivity contribution in [2.24, 2.45) is 17.8 Å². The Bertz CT molecular complexity index is 648. The molecular weight excluding hydrogens is 391 g/mol. The molecule has 1 aromatic rings. The molecule has 3 atom stereocenters. The van der Waals surface area contributed by atoms with E-state index >= 15 is 0 Å². The van der Waals surface area contributed by atoms with Gasteiger partial charge in [0, 0.05) is 12.0 Å². The molecule has 0 unspecified atom stereocenters. The minimum atomic E-state index is -3.44. The standard InChI is InChI=1S/C22H37O4PS/c1-15(2)19-13-12-18(7)14-20(19)26-28-22-11-9-8-10-21(22)27(23,24-16(3)4)25-17(5)6/h8-11,15-20H,12-14H2,1-7H3/t18-,19+,20-/m1/s1. The average Bonchev–Trinajstić information content (AvgIpc) is 2.58. The van der Waals surface area contributed by atoms with Crippen molar-refractivity contribution in [1.29, 1.82) is 0 Å². The van der Waals surface area contributed by atoms with E-state index in [9.17, 15) is 4.57 Å². The third kappa shape index (κ3) is 6.60. The second-order valence-electron chi connectivity index (χ2n) is 8.82. The van der Waals surface area contributed by atoms with Crippen LogP contribution >= 0.6 is 19.6 Å². The first-order valence-electron chi connectivity index (χ1n) is 10.5. The van der Waals surface area contributed by atoms with Gasteiger partial charge in [-0.3, -0.25) is 4.57 Å². The fourth-order valence-corrected chi connectivity index (χ4v) is 6.97. The van der Waals surface area contributed by atoms with Crippen LogP contribution in [0.2, 0.25) is 0 Å². The SMILES string of the molecule is CC(C)OP(=O)(OC(C)C)c1ccccc1SO[C@@H]1C[C@H](C)CC[C@H]1C(C)C. The van der Waals surface area contributed by atoms with E-state index in [2.05, 4.69) is 20.8 Å². The van der Waals surface area contributed by atoms with Gasteiger partial charge in [0.05, 0.1) is 28.5 Å². The summed E-state index contributed by atoms with van der Waals surface area (Å²) in [5.74, 6) is 1.82. The molecule has 1 aliphatic rings. The summed E-state index contributed by atoms with van der Waals surface area (Å²) in [6.45, 7) is 14.3. The zero-order chi connectivity index (χ0) is 20.9. The summed E-state index contributed by atoms with van der Waals surface area (Å²) < 4.78 is 31.6. The largest absolute Gasteiger partial charge is 0.363 e. The smallest absolute Gasteiger partial charge is 0.307 e. The summed E-state index contributed by atoms with van der Waals surface area (Å²) in [6, 6.07) is 7.59. The molecular formula is C22H37O4PS. The summed E-state index contributed by atoms with van der Waals surface area (Å²) in [6.07, 6.45) is 3.35. The Morgan fingerprint density at radius 2 is 1.61 bits per heavy atom. The Hall–Kier alpha value is -0.320. The first-order chi connectivity index (χ1) is 13.1. The van der Waals surface area contributed by atoms with Crippen molar-refractivity contribution in [1.82, 2.24) is 0 Å². The lowest BCUT2D eigenvalue weighted by molar-refractivity contribution is 0.0623. The van der Waals surface area contributed by atoms with E-state index in [-0.39, 0.29) is 18.3 Å². The van der Waals surface area contributed by atoms with Gasteiger partial charge in [-0.05, 0) is 70.4 Å². The zero-order valence-electron chi connectivity index (χ0n) is 18.4. The van der Waals surface area contributed by atoms with Crippen molar-refractivity contribution in [3.63, 3.8) is 0 Å². The molecule has 2 rings (SSSR count). The second kappa shape index (κ2) is 10.6. The van der Waals surface area contributed by atoms with Crippen molar-refractivity contribution < 1.29 is 17.8 Å². The number of rotatable bonds is 9. The number of hydrogen-bond acceptors (Lipinski definition) is 5. The first kappa shape index (κ1) is 24.0. The van der Waals surface area contributed by atoms with Crippen LogP contribution in [0.15, 0.2) is 29.2 Å². The van der Waals surface area contributed by atoms with Gasteiger partial charge in [-0.1, -0.05) is 39.3 Å². The predicted molar refractivity (Wildman–Crippen MR) is 118 cm³/mol. The molecule has 0 radical (unpaired) electrons. The third-order valence-electron chi connectivity index (χ3n) is 5.08. The fourth-order valence-electron chi connectivity index (χ4n) is 3.79. The van der Waals surface area contributed by atoms with Crippen LogP contribution in [-0.4, -0.2) is 18.3 Å². The molecule has 0 spiro atoms. The highest BCUT2D eigenvalue weighted by molar-refractivity contribution is 7.95. The lowest BCUT2D eigenvalue weighted by Crippen LogP contribution is -2.33. The van der Waals surface area contributed by atoms with E-state index in [1.807, 2.05) is 52.0 Å². The van der Waals surface area contributed by atoms with Gasteiger partial charge in [0.25, 0.3) is 0 Å². The summed E-state index contributed by atoms with van der Waals surface area (Å²) in [5.41, 5.74) is 0. The molecule has 1 aliphatic carbocycles. The van der Waals surface area contributed by atoms with Crippen LogP contribution in [0.5, 0.6) is 0 Å². The summed E-state index contributed by atoms with van der Waals surface area (Å²) in [5, 5.41) is 0.590. The topological polar surface area (TPSA) is 44.8 Å². The van der Waals surface area contributed by atoms with E-state index in [1.54, 1.807) is 0 Å². The molecule has 1 saturated carbocycles. The molecule has 0 heterocycles. The summed E-state index contributed by atoms with van der Waals surface area (Å²) >= 11 is 1.33. The Labute approximate surface area is 175 Å². The van der Waals surface area contributed by atoms with Gasteiger partial charge in [0.1, 0.15) is 0 Å². The van der Waals surface area contributed by atoms with E-state index in [0.717, 1.165) is 11.3 Å². The van der Waals surface area contributed by atoms with Gasteiger partial charge >= 0.3 is 7.60 Å². The Balaban J connectivity index is 2.23. The molecule has 1 aromatic carbocycles. The lowest BCUT2D eigenvalue weighted by atomic mass is 9.75. The average molecular weight is 429 g/mol. The summed E-state index contributed by atoms with van der Waals surface area (Å²) in [4.78, 5) is 0.813. The van der Waals surface area contributed by atoms with E-state index in [4.69, 9.17) is 13.2 Å². The van der Waals surface area contributed by atoms with Crippen LogP contribution in [0.4, 0.5) is 0 Å². The minimum Gasteiger partial charge on any atom is -0.307 e. The Morgan fingerprint density at radius 3 is 2.18 bits per heavy atom. The molecule has 0 saturated heterocycles. The minimum absolute atomic E-state index is 0.201. The molecule has 1 fully saturated rings. The second-order valence-corrected chi connectivity index (χ2v) is 11.5. The molecule has 4 nitrogen and oxygen atoms in total. The normalized spacial score (nSPS) is 23.7. The van der Waals surface area contributed by atoms with Crippen molar-refractivity contribution in [3.8, 4) is 0 Å². The lowest BCUT2D eigenvalue weighted by Gasteiger charge is -2.36. The van der Waals surface area contributed by atoms with Crippen molar-refractivity contribution in [2.75, 3.05) is 0 Å². The maximum atomic E-state index is 13.6. The van der Waals surface area contributed by atoms with E-state index < -0.39 is 7.60 Å². The van der Waals surface area contributed by atoms with Gasteiger partial charge in [0.15, 0.2) is 0 Å². The third-order valence-corrected chi connectivity index (χ3v) is 8.49. The maximum Gasteiger partial charge on any atom is 0.363 e. The quantitative estimate of drug-likeness (QED) is 0.318. The number of benzene rings is 1. The number of hydrogen-bond donors (Lipinski definition) is 0. The molecule has 6 heteroatoms. The van der Waals surface area contributed by atoms with Crippen molar-refractivity contribution >= 4 is 24.9 Å². The first-order valence-corrected chi connectivity index (χ1v) is 12.8. The highest BCUT2D eigenvalue weighted by Crippen LogP contribution is 2.51. The van der Waals surface area contributed by atoms with Crippen LogP contribution in [0.25, 0.3) is 0 Å². The molecule has 160 valence electrons. The highest BCUT2D eigenvalue weighted by atomic mass is 32.2. The summed E-state index contributed by atoms with van der Waals surface area (Å²) in [7, 11) is -3.44. The van der Waals surface area contributed by atoms with Crippen LogP contribution < -0.4 is 5.30 Å². The van der Waals surface area contributed by atoms with Crippen LogP contribution in [-0.2, 0) is 17.8 Å². The maximum absolute atomic E-state index is 13.6.